The highest BCUT2D eigenvalue weighted by Crippen LogP contribution is 2.22. The highest BCUT2D eigenvalue weighted by molar-refractivity contribution is 6.08. The van der Waals surface area contributed by atoms with Gasteiger partial charge in [0.15, 0.2) is 23.1 Å². The van der Waals surface area contributed by atoms with Crippen LogP contribution in [0.1, 0.15) is 53.0 Å². The lowest BCUT2D eigenvalue weighted by molar-refractivity contribution is 0.0922. The molecule has 6 nitrogen and oxygen atoms in total. The topological polar surface area (TPSA) is 75.5 Å². The molecular weight excluding hydrogens is 378 g/mol. The van der Waals surface area contributed by atoms with E-state index in [1.165, 1.54) is 6.07 Å². The molecule has 8 heteroatoms. The standard InChI is InChI=1S/C21H20F2N4O2/c22-15-10-9-13(12-16(15)23)20(28)26-19-18(27-11-5-4-8-17(27)25-19)21(29)24-14-6-2-1-3-7-14/h4-5,8-12,14H,1-3,6-7H2,(H,24,29)(H,26,28). The van der Waals surface area contributed by atoms with E-state index in [0.29, 0.717) is 5.65 Å². The normalized spacial score (nSPS) is 14.7. The maximum atomic E-state index is 13.5. The Morgan fingerprint density at radius 1 is 1.00 bits per heavy atom. The molecule has 0 saturated heterocycles. The van der Waals surface area contributed by atoms with Crippen LogP contribution >= 0.6 is 0 Å². The van der Waals surface area contributed by atoms with E-state index in [4.69, 9.17) is 0 Å². The second kappa shape index (κ2) is 7.98. The number of nitrogens with zero attached hydrogens (tertiary/aromatic N) is 2. The van der Waals surface area contributed by atoms with E-state index >= 15 is 0 Å². The number of imidazole rings is 1. The molecule has 29 heavy (non-hydrogen) atoms. The Labute approximate surface area is 165 Å². The third-order valence-corrected chi connectivity index (χ3v) is 5.10. The highest BCUT2D eigenvalue weighted by atomic mass is 19.2. The minimum Gasteiger partial charge on any atom is -0.348 e. The van der Waals surface area contributed by atoms with E-state index < -0.39 is 17.5 Å². The molecule has 3 aromatic rings. The molecule has 0 aliphatic heterocycles. The van der Waals surface area contributed by atoms with Gasteiger partial charge in [-0.1, -0.05) is 25.3 Å². The first-order valence-corrected chi connectivity index (χ1v) is 9.57. The number of benzene rings is 1. The Morgan fingerprint density at radius 2 is 1.79 bits per heavy atom. The number of amides is 2. The van der Waals surface area contributed by atoms with Gasteiger partial charge in [0.05, 0.1) is 0 Å². The highest BCUT2D eigenvalue weighted by Gasteiger charge is 2.24. The number of pyridine rings is 1. The quantitative estimate of drug-likeness (QED) is 0.699. The van der Waals surface area contributed by atoms with Crippen molar-refractivity contribution in [3.63, 3.8) is 0 Å². The SMILES string of the molecule is O=C(Nc1nc2ccccn2c1C(=O)NC1CCCCC1)c1ccc(F)c(F)c1. The minimum atomic E-state index is -1.12. The van der Waals surface area contributed by atoms with Crippen LogP contribution in [0.25, 0.3) is 5.65 Å². The lowest BCUT2D eigenvalue weighted by atomic mass is 9.95. The van der Waals surface area contributed by atoms with Crippen molar-refractivity contribution < 1.29 is 18.4 Å². The van der Waals surface area contributed by atoms with Gasteiger partial charge in [0.2, 0.25) is 0 Å². The maximum absolute atomic E-state index is 13.5. The lowest BCUT2D eigenvalue weighted by Gasteiger charge is -2.22. The van der Waals surface area contributed by atoms with Crippen molar-refractivity contribution in [3.8, 4) is 0 Å². The van der Waals surface area contributed by atoms with Gasteiger partial charge in [0.1, 0.15) is 5.65 Å². The second-order valence-electron chi connectivity index (χ2n) is 7.13. The van der Waals surface area contributed by atoms with Gasteiger partial charge in [-0.2, -0.15) is 0 Å². The Balaban J connectivity index is 1.64. The first-order chi connectivity index (χ1) is 14.0. The molecule has 1 fully saturated rings. The molecule has 2 aromatic heterocycles. The summed E-state index contributed by atoms with van der Waals surface area (Å²) in [5.74, 6) is -3.11. The van der Waals surface area contributed by atoms with Crippen molar-refractivity contribution in [1.29, 1.82) is 0 Å². The fourth-order valence-corrected chi connectivity index (χ4v) is 3.62. The molecule has 0 bridgehead atoms. The fourth-order valence-electron chi connectivity index (χ4n) is 3.62. The van der Waals surface area contributed by atoms with Crippen LogP contribution < -0.4 is 10.6 Å². The summed E-state index contributed by atoms with van der Waals surface area (Å²) < 4.78 is 28.2. The average molecular weight is 398 g/mol. The van der Waals surface area contributed by atoms with Gasteiger partial charge in [0, 0.05) is 17.8 Å². The van der Waals surface area contributed by atoms with Crippen molar-refractivity contribution in [2.24, 2.45) is 0 Å². The van der Waals surface area contributed by atoms with E-state index in [2.05, 4.69) is 15.6 Å². The minimum absolute atomic E-state index is 0.0687. The van der Waals surface area contributed by atoms with Crippen molar-refractivity contribution in [2.45, 2.75) is 38.1 Å². The van der Waals surface area contributed by atoms with Crippen LogP contribution in [0.3, 0.4) is 0 Å². The van der Waals surface area contributed by atoms with Crippen LogP contribution in [0.4, 0.5) is 14.6 Å². The summed E-state index contributed by atoms with van der Waals surface area (Å²) in [5, 5.41) is 5.58. The van der Waals surface area contributed by atoms with Crippen molar-refractivity contribution >= 4 is 23.3 Å². The third-order valence-electron chi connectivity index (χ3n) is 5.10. The third kappa shape index (κ3) is 3.96. The molecule has 0 unspecified atom stereocenters. The number of hydrogen-bond acceptors (Lipinski definition) is 3. The number of hydrogen-bond donors (Lipinski definition) is 2. The molecule has 0 atom stereocenters. The van der Waals surface area contributed by atoms with Crippen molar-refractivity contribution in [1.82, 2.24) is 14.7 Å². The van der Waals surface area contributed by atoms with Gasteiger partial charge in [-0.25, -0.2) is 13.8 Å². The zero-order valence-electron chi connectivity index (χ0n) is 15.6. The maximum Gasteiger partial charge on any atom is 0.272 e. The van der Waals surface area contributed by atoms with E-state index in [1.54, 1.807) is 28.8 Å². The fraction of sp³-hybridized carbons (Fsp3) is 0.286. The molecule has 2 heterocycles. The summed E-state index contributed by atoms with van der Waals surface area (Å²) in [5.41, 5.74) is 0.614. The van der Waals surface area contributed by atoms with Gasteiger partial charge in [-0.05, 0) is 43.2 Å². The van der Waals surface area contributed by atoms with Crippen molar-refractivity contribution in [3.05, 3.63) is 65.5 Å². The number of carbonyl (C=O) groups excluding carboxylic acids is 2. The van der Waals surface area contributed by atoms with E-state index in [0.717, 1.165) is 44.2 Å². The van der Waals surface area contributed by atoms with Gasteiger partial charge in [0.25, 0.3) is 11.8 Å². The molecule has 1 aliphatic rings. The molecule has 4 rings (SSSR count). The van der Waals surface area contributed by atoms with Gasteiger partial charge in [-0.15, -0.1) is 0 Å². The zero-order valence-corrected chi connectivity index (χ0v) is 15.6. The Bertz CT molecular complexity index is 1070. The van der Waals surface area contributed by atoms with Crippen LogP contribution in [0.15, 0.2) is 42.6 Å². The number of nitrogens with one attached hydrogen (secondary N) is 2. The first kappa shape index (κ1) is 19.0. The van der Waals surface area contributed by atoms with Crippen LogP contribution in [0.2, 0.25) is 0 Å². The molecule has 1 aliphatic carbocycles. The number of halogens is 2. The molecule has 0 spiro atoms. The summed E-state index contributed by atoms with van der Waals surface area (Å²) in [4.78, 5) is 29.9. The molecule has 1 aromatic carbocycles. The second-order valence-corrected chi connectivity index (χ2v) is 7.13. The van der Waals surface area contributed by atoms with E-state index in [1.807, 2.05) is 0 Å². The summed E-state index contributed by atoms with van der Waals surface area (Å²) in [6, 6.07) is 8.18. The Kier molecular flexibility index (Phi) is 5.24. The van der Waals surface area contributed by atoms with Crippen LogP contribution in [0.5, 0.6) is 0 Å². The van der Waals surface area contributed by atoms with Gasteiger partial charge < -0.3 is 10.6 Å². The average Bonchev–Trinajstić information content (AvgIpc) is 3.08. The number of rotatable bonds is 4. The Hall–Kier alpha value is -3.29. The summed E-state index contributed by atoms with van der Waals surface area (Å²) in [6.45, 7) is 0. The largest absolute Gasteiger partial charge is 0.348 e. The van der Waals surface area contributed by atoms with E-state index in [9.17, 15) is 18.4 Å². The number of aromatic nitrogens is 2. The summed E-state index contributed by atoms with van der Waals surface area (Å²) in [7, 11) is 0. The zero-order chi connectivity index (χ0) is 20.4. The van der Waals surface area contributed by atoms with Gasteiger partial charge in [-0.3, -0.25) is 14.0 Å². The van der Waals surface area contributed by atoms with Crippen LogP contribution in [0, 0.1) is 11.6 Å². The van der Waals surface area contributed by atoms with E-state index in [-0.39, 0.29) is 29.0 Å². The first-order valence-electron chi connectivity index (χ1n) is 9.57. The number of anilines is 1. The summed E-state index contributed by atoms with van der Waals surface area (Å²) in [6.07, 6.45) is 6.82. The predicted molar refractivity (Wildman–Crippen MR) is 104 cm³/mol. The molecular formula is C21H20F2N4O2. The molecule has 1 saturated carbocycles. The van der Waals surface area contributed by atoms with Crippen LogP contribution in [-0.4, -0.2) is 27.2 Å². The lowest BCUT2D eigenvalue weighted by Crippen LogP contribution is -2.37. The number of carbonyl (C=O) groups is 2. The summed E-state index contributed by atoms with van der Waals surface area (Å²) >= 11 is 0. The van der Waals surface area contributed by atoms with Crippen LogP contribution in [-0.2, 0) is 0 Å². The molecule has 150 valence electrons. The molecule has 2 N–H and O–H groups in total. The van der Waals surface area contributed by atoms with Crippen molar-refractivity contribution in [2.75, 3.05) is 5.32 Å². The monoisotopic (exact) mass is 398 g/mol. The smallest absolute Gasteiger partial charge is 0.272 e. The molecule has 2 amide bonds. The Morgan fingerprint density at radius 3 is 2.55 bits per heavy atom. The van der Waals surface area contributed by atoms with Gasteiger partial charge >= 0.3 is 0 Å². The molecule has 0 radical (unpaired) electrons. The number of fused-ring (bicyclic) bond motifs is 1. The predicted octanol–water partition coefficient (Wildman–Crippen LogP) is 3.93.